The number of rotatable bonds is 3. The number of amides is 1. The third-order valence-corrected chi connectivity index (χ3v) is 3.44. The Morgan fingerprint density at radius 1 is 1.62 bits per heavy atom. The fourth-order valence-corrected chi connectivity index (χ4v) is 2.27. The maximum atomic E-state index is 10.7. The molecule has 0 atom stereocenters. The van der Waals surface area contributed by atoms with Crippen LogP contribution in [0.5, 0.6) is 0 Å². The highest BCUT2D eigenvalue weighted by Crippen LogP contribution is 2.18. The molecule has 0 spiro atoms. The zero-order chi connectivity index (χ0) is 11.4. The SMILES string of the molecule is O=C(O)N1CCC(CNc2nncs2)CC1. The minimum Gasteiger partial charge on any atom is -0.465 e. The number of hydrogen-bond acceptors (Lipinski definition) is 5. The van der Waals surface area contributed by atoms with E-state index in [-0.39, 0.29) is 0 Å². The number of hydrogen-bond donors (Lipinski definition) is 2. The minimum atomic E-state index is -0.810. The monoisotopic (exact) mass is 242 g/mol. The Balaban J connectivity index is 1.71. The summed E-state index contributed by atoms with van der Waals surface area (Å²) in [6, 6.07) is 0. The first-order chi connectivity index (χ1) is 7.75. The topological polar surface area (TPSA) is 78.4 Å². The normalized spacial score (nSPS) is 17.4. The van der Waals surface area contributed by atoms with Crippen LogP contribution in [0.25, 0.3) is 0 Å². The lowest BCUT2D eigenvalue weighted by molar-refractivity contribution is 0.126. The van der Waals surface area contributed by atoms with Gasteiger partial charge in [-0.05, 0) is 18.8 Å². The van der Waals surface area contributed by atoms with Crippen LogP contribution in [0, 0.1) is 5.92 Å². The van der Waals surface area contributed by atoms with Crippen LogP contribution in [-0.4, -0.2) is 45.9 Å². The molecule has 1 aromatic rings. The number of likely N-dealkylation sites (tertiary alicyclic amines) is 1. The smallest absolute Gasteiger partial charge is 0.407 e. The highest BCUT2D eigenvalue weighted by atomic mass is 32.1. The summed E-state index contributed by atoms with van der Waals surface area (Å²) in [5, 5.41) is 20.5. The molecule has 16 heavy (non-hydrogen) atoms. The van der Waals surface area contributed by atoms with Crippen molar-refractivity contribution in [2.45, 2.75) is 12.8 Å². The molecule has 0 saturated carbocycles. The Hall–Kier alpha value is -1.37. The van der Waals surface area contributed by atoms with Crippen LogP contribution in [0.15, 0.2) is 5.51 Å². The molecule has 0 unspecified atom stereocenters. The van der Waals surface area contributed by atoms with Gasteiger partial charge in [0.1, 0.15) is 5.51 Å². The molecule has 1 fully saturated rings. The maximum Gasteiger partial charge on any atom is 0.407 e. The minimum absolute atomic E-state index is 0.527. The predicted octanol–water partition coefficient (Wildman–Crippen LogP) is 1.34. The van der Waals surface area contributed by atoms with Crippen LogP contribution in [0.1, 0.15) is 12.8 Å². The van der Waals surface area contributed by atoms with Crippen molar-refractivity contribution in [2.24, 2.45) is 5.92 Å². The van der Waals surface area contributed by atoms with Gasteiger partial charge < -0.3 is 15.3 Å². The highest BCUT2D eigenvalue weighted by Gasteiger charge is 2.21. The second kappa shape index (κ2) is 5.11. The lowest BCUT2D eigenvalue weighted by atomic mass is 9.97. The van der Waals surface area contributed by atoms with E-state index in [1.807, 2.05) is 0 Å². The zero-order valence-corrected chi connectivity index (χ0v) is 9.61. The zero-order valence-electron chi connectivity index (χ0n) is 8.80. The fraction of sp³-hybridized carbons (Fsp3) is 0.667. The Morgan fingerprint density at radius 3 is 2.94 bits per heavy atom. The van der Waals surface area contributed by atoms with E-state index >= 15 is 0 Å². The Kier molecular flexibility index (Phi) is 3.55. The van der Waals surface area contributed by atoms with Crippen molar-refractivity contribution in [1.29, 1.82) is 0 Å². The first kappa shape index (κ1) is 11.1. The Bertz CT molecular complexity index is 335. The molecule has 0 aromatic carbocycles. The third-order valence-electron chi connectivity index (χ3n) is 2.79. The summed E-state index contributed by atoms with van der Waals surface area (Å²) in [7, 11) is 0. The number of nitrogens with zero attached hydrogens (tertiary/aromatic N) is 3. The lowest BCUT2D eigenvalue weighted by Gasteiger charge is -2.29. The molecule has 88 valence electrons. The summed E-state index contributed by atoms with van der Waals surface area (Å²) >= 11 is 1.48. The summed E-state index contributed by atoms with van der Waals surface area (Å²) in [5.41, 5.74) is 1.69. The van der Waals surface area contributed by atoms with Crippen molar-refractivity contribution < 1.29 is 9.90 Å². The van der Waals surface area contributed by atoms with Crippen molar-refractivity contribution >= 4 is 22.6 Å². The van der Waals surface area contributed by atoms with Crippen LogP contribution in [0.3, 0.4) is 0 Å². The summed E-state index contributed by atoms with van der Waals surface area (Å²) < 4.78 is 0. The van der Waals surface area contributed by atoms with Gasteiger partial charge in [-0.2, -0.15) is 0 Å². The Morgan fingerprint density at radius 2 is 2.38 bits per heavy atom. The van der Waals surface area contributed by atoms with E-state index < -0.39 is 6.09 Å². The molecule has 7 heteroatoms. The van der Waals surface area contributed by atoms with Crippen LogP contribution in [-0.2, 0) is 0 Å². The van der Waals surface area contributed by atoms with E-state index in [0.717, 1.165) is 24.5 Å². The summed E-state index contributed by atoms with van der Waals surface area (Å²) in [4.78, 5) is 12.2. The molecule has 0 radical (unpaired) electrons. The molecule has 1 amide bonds. The number of carboxylic acid groups (broad SMARTS) is 1. The number of piperidine rings is 1. The average Bonchev–Trinajstić information content (AvgIpc) is 2.80. The van der Waals surface area contributed by atoms with Gasteiger partial charge in [-0.3, -0.25) is 0 Å². The van der Waals surface area contributed by atoms with E-state index in [1.165, 1.54) is 16.2 Å². The van der Waals surface area contributed by atoms with Gasteiger partial charge in [0, 0.05) is 19.6 Å². The van der Waals surface area contributed by atoms with Gasteiger partial charge in [-0.25, -0.2) is 4.79 Å². The van der Waals surface area contributed by atoms with E-state index in [4.69, 9.17) is 5.11 Å². The molecule has 2 N–H and O–H groups in total. The van der Waals surface area contributed by atoms with E-state index in [0.29, 0.717) is 19.0 Å². The molecule has 1 aliphatic rings. The number of anilines is 1. The number of aromatic nitrogens is 2. The fourth-order valence-electron chi connectivity index (χ4n) is 1.81. The van der Waals surface area contributed by atoms with Gasteiger partial charge in [0.15, 0.2) is 0 Å². The third kappa shape index (κ3) is 2.82. The van der Waals surface area contributed by atoms with E-state index in [2.05, 4.69) is 15.5 Å². The van der Waals surface area contributed by atoms with Crippen LogP contribution in [0.4, 0.5) is 9.93 Å². The van der Waals surface area contributed by atoms with Crippen molar-refractivity contribution in [2.75, 3.05) is 25.0 Å². The van der Waals surface area contributed by atoms with E-state index in [1.54, 1.807) is 5.51 Å². The first-order valence-corrected chi connectivity index (χ1v) is 6.11. The van der Waals surface area contributed by atoms with Gasteiger partial charge in [0.2, 0.25) is 5.13 Å². The molecular weight excluding hydrogens is 228 g/mol. The summed E-state index contributed by atoms with van der Waals surface area (Å²) in [5.74, 6) is 0.527. The van der Waals surface area contributed by atoms with Gasteiger partial charge in [-0.15, -0.1) is 10.2 Å². The second-order valence-electron chi connectivity index (χ2n) is 3.84. The molecule has 1 aliphatic heterocycles. The molecule has 2 heterocycles. The van der Waals surface area contributed by atoms with Crippen LogP contribution in [0.2, 0.25) is 0 Å². The quantitative estimate of drug-likeness (QED) is 0.836. The first-order valence-electron chi connectivity index (χ1n) is 5.23. The molecule has 1 aromatic heterocycles. The largest absolute Gasteiger partial charge is 0.465 e. The highest BCUT2D eigenvalue weighted by molar-refractivity contribution is 7.13. The van der Waals surface area contributed by atoms with Crippen molar-refractivity contribution in [3.63, 3.8) is 0 Å². The molecule has 0 aliphatic carbocycles. The van der Waals surface area contributed by atoms with Crippen molar-refractivity contribution in [3.05, 3.63) is 5.51 Å². The average molecular weight is 242 g/mol. The molecule has 1 saturated heterocycles. The van der Waals surface area contributed by atoms with Gasteiger partial charge in [0.25, 0.3) is 0 Å². The number of carbonyl (C=O) groups is 1. The molecular formula is C9H14N4O2S. The van der Waals surface area contributed by atoms with Crippen molar-refractivity contribution in [3.8, 4) is 0 Å². The lowest BCUT2D eigenvalue weighted by Crippen LogP contribution is -2.39. The molecule has 2 rings (SSSR count). The summed E-state index contributed by atoms with van der Waals surface area (Å²) in [6.07, 6.45) is 1.02. The van der Waals surface area contributed by atoms with Gasteiger partial charge in [-0.1, -0.05) is 11.3 Å². The predicted molar refractivity (Wildman–Crippen MR) is 60.7 cm³/mol. The maximum absolute atomic E-state index is 10.7. The summed E-state index contributed by atoms with van der Waals surface area (Å²) in [6.45, 7) is 2.12. The van der Waals surface area contributed by atoms with Gasteiger partial charge in [0.05, 0.1) is 0 Å². The number of nitrogens with one attached hydrogen (secondary N) is 1. The Labute approximate surface area is 97.3 Å². The molecule has 0 bridgehead atoms. The standard InChI is InChI=1S/C9H14N4O2S/c14-9(15)13-3-1-7(2-4-13)5-10-8-12-11-6-16-8/h6-7H,1-5H2,(H,10,12)(H,14,15). The van der Waals surface area contributed by atoms with E-state index in [9.17, 15) is 4.79 Å². The molecule has 6 nitrogen and oxygen atoms in total. The van der Waals surface area contributed by atoms with Gasteiger partial charge >= 0.3 is 6.09 Å². The second-order valence-corrected chi connectivity index (χ2v) is 4.67. The van der Waals surface area contributed by atoms with Crippen molar-refractivity contribution in [1.82, 2.24) is 15.1 Å². The van der Waals surface area contributed by atoms with Crippen LogP contribution < -0.4 is 5.32 Å². The van der Waals surface area contributed by atoms with Crippen LogP contribution >= 0.6 is 11.3 Å².